The number of nitrogens with zero attached hydrogens (tertiary/aromatic N) is 1. The summed E-state index contributed by atoms with van der Waals surface area (Å²) in [6.07, 6.45) is 3.44. The van der Waals surface area contributed by atoms with Crippen molar-refractivity contribution in [2.45, 2.75) is 31.9 Å². The number of hydrogen-bond donors (Lipinski definition) is 2. The van der Waals surface area contributed by atoms with Gasteiger partial charge >= 0.3 is 0 Å². The van der Waals surface area contributed by atoms with Gasteiger partial charge in [-0.05, 0) is 43.2 Å². The van der Waals surface area contributed by atoms with E-state index < -0.39 is 12.1 Å². The fourth-order valence-corrected chi connectivity index (χ4v) is 2.33. The lowest BCUT2D eigenvalue weighted by Crippen LogP contribution is -2.37. The lowest BCUT2D eigenvalue weighted by Gasteiger charge is -2.20. The number of carbonyl (C=O) groups is 1. The molecule has 0 fully saturated rings. The number of aliphatic hydroxyl groups excluding tert-OH is 1. The third-order valence-corrected chi connectivity index (χ3v) is 3.78. The summed E-state index contributed by atoms with van der Waals surface area (Å²) in [6, 6.07) is 10.1. The van der Waals surface area contributed by atoms with Crippen molar-refractivity contribution in [3.8, 4) is 5.75 Å². The Hall–Kier alpha value is -2.11. The molecule has 1 heterocycles. The summed E-state index contributed by atoms with van der Waals surface area (Å²) in [4.78, 5) is 15.9. The van der Waals surface area contributed by atoms with Crippen molar-refractivity contribution in [2.75, 3.05) is 6.61 Å². The number of carbonyl (C=O) groups excluding carboxylic acids is 1. The van der Waals surface area contributed by atoms with Gasteiger partial charge in [0.05, 0.1) is 24.9 Å². The van der Waals surface area contributed by atoms with Crippen LogP contribution in [0.2, 0.25) is 5.02 Å². The fourth-order valence-electron chi connectivity index (χ4n) is 2.21. The maximum atomic E-state index is 11.9. The molecule has 1 aromatic carbocycles. The Morgan fingerprint density at radius 2 is 2.08 bits per heavy atom. The first-order valence-electron chi connectivity index (χ1n) is 7.82. The van der Waals surface area contributed by atoms with Gasteiger partial charge in [0.2, 0.25) is 5.91 Å². The van der Waals surface area contributed by atoms with Crippen LogP contribution in [0.15, 0.2) is 48.8 Å². The van der Waals surface area contributed by atoms with Gasteiger partial charge in [0.15, 0.2) is 0 Å². The molecule has 0 spiro atoms. The summed E-state index contributed by atoms with van der Waals surface area (Å²) in [7, 11) is 0. The number of aromatic nitrogens is 1. The zero-order chi connectivity index (χ0) is 17.4. The number of aliphatic hydroxyl groups is 1. The van der Waals surface area contributed by atoms with E-state index in [1.54, 1.807) is 49.6 Å². The van der Waals surface area contributed by atoms with Gasteiger partial charge in [0.25, 0.3) is 0 Å². The number of pyridine rings is 1. The normalized spacial score (nSPS) is 13.1. The Balaban J connectivity index is 1.70. The lowest BCUT2D eigenvalue weighted by atomic mass is 10.0. The van der Waals surface area contributed by atoms with Crippen molar-refractivity contribution in [1.29, 1.82) is 0 Å². The van der Waals surface area contributed by atoms with Crippen LogP contribution >= 0.6 is 11.6 Å². The molecule has 24 heavy (non-hydrogen) atoms. The molecule has 2 rings (SSSR count). The number of benzene rings is 1. The van der Waals surface area contributed by atoms with Gasteiger partial charge in [-0.1, -0.05) is 23.7 Å². The molecule has 2 unspecified atom stereocenters. The van der Waals surface area contributed by atoms with Crippen molar-refractivity contribution in [3.63, 3.8) is 0 Å². The molecule has 0 saturated heterocycles. The molecule has 6 heteroatoms. The smallest absolute Gasteiger partial charge is 0.220 e. The van der Waals surface area contributed by atoms with E-state index in [4.69, 9.17) is 16.3 Å². The van der Waals surface area contributed by atoms with Crippen LogP contribution in [0.25, 0.3) is 0 Å². The monoisotopic (exact) mass is 348 g/mol. The van der Waals surface area contributed by atoms with Gasteiger partial charge in [-0.2, -0.15) is 0 Å². The second kappa shape index (κ2) is 9.25. The molecule has 0 saturated carbocycles. The molecule has 1 amide bonds. The Kier molecular flexibility index (Phi) is 7.03. The number of halogens is 1. The minimum absolute atomic E-state index is 0.120. The molecule has 0 aliphatic carbocycles. The predicted octanol–water partition coefficient (Wildman–Crippen LogP) is 3.13. The zero-order valence-electron chi connectivity index (χ0n) is 13.5. The fraction of sp³-hybridized carbons (Fsp3) is 0.333. The highest BCUT2D eigenvalue weighted by Crippen LogP contribution is 2.19. The Morgan fingerprint density at radius 1 is 1.33 bits per heavy atom. The summed E-state index contributed by atoms with van der Waals surface area (Å²) >= 11 is 5.83. The van der Waals surface area contributed by atoms with Gasteiger partial charge < -0.3 is 15.2 Å². The van der Waals surface area contributed by atoms with E-state index >= 15 is 0 Å². The Labute approximate surface area is 146 Å². The van der Waals surface area contributed by atoms with Crippen LogP contribution in [0.4, 0.5) is 0 Å². The molecule has 2 N–H and O–H groups in total. The maximum Gasteiger partial charge on any atom is 0.220 e. The van der Waals surface area contributed by atoms with Crippen LogP contribution in [0.1, 0.15) is 31.4 Å². The molecule has 2 atom stereocenters. The Bertz CT molecular complexity index is 634. The third-order valence-electron chi connectivity index (χ3n) is 3.53. The minimum atomic E-state index is -0.780. The number of rotatable bonds is 8. The van der Waals surface area contributed by atoms with E-state index in [0.717, 1.165) is 0 Å². The molecule has 0 bridgehead atoms. The van der Waals surface area contributed by atoms with Crippen LogP contribution in [-0.4, -0.2) is 28.6 Å². The molecule has 0 radical (unpaired) electrons. The van der Waals surface area contributed by atoms with Gasteiger partial charge in [0.1, 0.15) is 5.75 Å². The average molecular weight is 349 g/mol. The van der Waals surface area contributed by atoms with Crippen LogP contribution in [0.3, 0.4) is 0 Å². The number of nitrogens with one attached hydrogen (secondary N) is 1. The highest BCUT2D eigenvalue weighted by Gasteiger charge is 2.18. The molecule has 1 aromatic heterocycles. The van der Waals surface area contributed by atoms with Crippen LogP contribution in [-0.2, 0) is 4.79 Å². The molecule has 5 nitrogen and oxygen atoms in total. The standard InChI is InChI=1S/C18H21ClN2O3/c1-13(18(23)14-6-8-15(19)9-7-14)21-17(22)5-3-11-24-16-4-2-10-20-12-16/h2,4,6-10,12-13,18,23H,3,5,11H2,1H3,(H,21,22). The average Bonchev–Trinajstić information content (AvgIpc) is 2.59. The van der Waals surface area contributed by atoms with E-state index in [1.165, 1.54) is 0 Å². The van der Waals surface area contributed by atoms with Crippen molar-refractivity contribution in [3.05, 3.63) is 59.4 Å². The third kappa shape index (κ3) is 5.83. The largest absolute Gasteiger partial charge is 0.492 e. The summed E-state index contributed by atoms with van der Waals surface area (Å²) in [6.45, 7) is 2.20. The summed E-state index contributed by atoms with van der Waals surface area (Å²) in [5, 5.41) is 13.7. The van der Waals surface area contributed by atoms with Crippen LogP contribution in [0.5, 0.6) is 5.75 Å². The maximum absolute atomic E-state index is 11.9. The van der Waals surface area contributed by atoms with E-state index in [0.29, 0.717) is 35.8 Å². The summed E-state index contributed by atoms with van der Waals surface area (Å²) < 4.78 is 5.48. The highest BCUT2D eigenvalue weighted by molar-refractivity contribution is 6.30. The summed E-state index contributed by atoms with van der Waals surface area (Å²) in [5.41, 5.74) is 0.715. The van der Waals surface area contributed by atoms with Crippen LogP contribution < -0.4 is 10.1 Å². The molecular formula is C18H21ClN2O3. The molecule has 128 valence electrons. The molecule has 2 aromatic rings. The van der Waals surface area contributed by atoms with Crippen LogP contribution in [0, 0.1) is 0 Å². The van der Waals surface area contributed by atoms with Gasteiger partial charge in [-0.3, -0.25) is 9.78 Å². The van der Waals surface area contributed by atoms with Crippen molar-refractivity contribution >= 4 is 17.5 Å². The molecule has 0 aliphatic rings. The second-order valence-electron chi connectivity index (χ2n) is 5.49. The zero-order valence-corrected chi connectivity index (χ0v) is 14.2. The summed E-state index contributed by atoms with van der Waals surface area (Å²) in [5.74, 6) is 0.565. The Morgan fingerprint density at radius 3 is 2.75 bits per heavy atom. The molecule has 0 aliphatic heterocycles. The first-order valence-corrected chi connectivity index (χ1v) is 8.20. The second-order valence-corrected chi connectivity index (χ2v) is 5.93. The van der Waals surface area contributed by atoms with E-state index in [2.05, 4.69) is 10.3 Å². The van der Waals surface area contributed by atoms with E-state index in [1.807, 2.05) is 6.07 Å². The number of ether oxygens (including phenoxy) is 1. The topological polar surface area (TPSA) is 71.5 Å². The molecular weight excluding hydrogens is 328 g/mol. The van der Waals surface area contributed by atoms with Gasteiger partial charge in [-0.25, -0.2) is 0 Å². The van der Waals surface area contributed by atoms with E-state index in [9.17, 15) is 9.90 Å². The lowest BCUT2D eigenvalue weighted by molar-refractivity contribution is -0.122. The van der Waals surface area contributed by atoms with Crippen molar-refractivity contribution in [1.82, 2.24) is 10.3 Å². The number of hydrogen-bond acceptors (Lipinski definition) is 4. The number of amides is 1. The first kappa shape index (κ1) is 18.2. The van der Waals surface area contributed by atoms with Crippen molar-refractivity contribution in [2.24, 2.45) is 0 Å². The van der Waals surface area contributed by atoms with E-state index in [-0.39, 0.29) is 5.91 Å². The SMILES string of the molecule is CC(NC(=O)CCCOc1cccnc1)C(O)c1ccc(Cl)cc1. The van der Waals surface area contributed by atoms with Gasteiger partial charge in [0, 0.05) is 17.6 Å². The van der Waals surface area contributed by atoms with Gasteiger partial charge in [-0.15, -0.1) is 0 Å². The first-order chi connectivity index (χ1) is 11.6. The predicted molar refractivity (Wildman–Crippen MR) is 93.0 cm³/mol. The van der Waals surface area contributed by atoms with Crippen molar-refractivity contribution < 1.29 is 14.6 Å². The highest BCUT2D eigenvalue weighted by atomic mass is 35.5. The quantitative estimate of drug-likeness (QED) is 0.719. The minimum Gasteiger partial charge on any atom is -0.492 e.